The molecule has 1 aromatic carbocycles. The number of carbonyl (C=O) groups excluding carboxylic acids is 2. The first-order valence-corrected chi connectivity index (χ1v) is 9.36. The number of morpholine rings is 1. The molecule has 142 valence electrons. The maximum Gasteiger partial charge on any atom is 0.220 e. The zero-order chi connectivity index (χ0) is 18.7. The van der Waals surface area contributed by atoms with Crippen LogP contribution in [-0.2, 0) is 9.53 Å². The van der Waals surface area contributed by atoms with E-state index in [1.807, 2.05) is 0 Å². The monoisotopic (exact) mass is 362 g/mol. The van der Waals surface area contributed by atoms with Crippen LogP contribution in [0, 0.1) is 11.7 Å². The Kier molecular flexibility index (Phi) is 6.04. The van der Waals surface area contributed by atoms with Gasteiger partial charge in [0, 0.05) is 43.6 Å². The fraction of sp³-hybridized carbons (Fsp3) is 0.600. The average molecular weight is 362 g/mol. The second-order valence-corrected chi connectivity index (χ2v) is 7.65. The van der Waals surface area contributed by atoms with Crippen molar-refractivity contribution in [3.8, 4) is 0 Å². The van der Waals surface area contributed by atoms with Gasteiger partial charge in [0.25, 0.3) is 0 Å². The van der Waals surface area contributed by atoms with Gasteiger partial charge in [-0.05, 0) is 36.6 Å². The second kappa shape index (κ2) is 8.27. The number of ketones is 1. The topological polar surface area (TPSA) is 58.6 Å². The molecule has 5 nitrogen and oxygen atoms in total. The first-order valence-electron chi connectivity index (χ1n) is 9.36. The standard InChI is InChI=1S/C20H27FN2O3/c1-13(2)19-11-23-10-16(9-17(23)12-26-19)22-20(25)8-7-18(24)14-3-5-15(21)6-4-14/h3-6,13,16-17,19H,7-12H2,1-2H3,(H,22,25)/t16-,17-,19-/m0/s1. The third-order valence-corrected chi connectivity index (χ3v) is 5.30. The highest BCUT2D eigenvalue weighted by atomic mass is 19.1. The molecule has 1 aromatic rings. The molecule has 2 aliphatic heterocycles. The van der Waals surface area contributed by atoms with Gasteiger partial charge in [0.1, 0.15) is 5.82 Å². The molecule has 26 heavy (non-hydrogen) atoms. The van der Waals surface area contributed by atoms with Gasteiger partial charge in [-0.15, -0.1) is 0 Å². The highest BCUT2D eigenvalue weighted by Gasteiger charge is 2.38. The number of amides is 1. The first-order chi connectivity index (χ1) is 12.4. The zero-order valence-electron chi connectivity index (χ0n) is 15.4. The molecule has 0 aromatic heterocycles. The molecule has 2 heterocycles. The van der Waals surface area contributed by atoms with Crippen molar-refractivity contribution >= 4 is 11.7 Å². The van der Waals surface area contributed by atoms with E-state index in [1.165, 1.54) is 24.3 Å². The summed E-state index contributed by atoms with van der Waals surface area (Å²) in [6.07, 6.45) is 1.44. The first kappa shape index (κ1) is 19.0. The molecule has 1 amide bonds. The lowest BCUT2D eigenvalue weighted by Gasteiger charge is -2.36. The molecule has 3 atom stereocenters. The lowest BCUT2D eigenvalue weighted by Crippen LogP contribution is -2.48. The van der Waals surface area contributed by atoms with Crippen molar-refractivity contribution in [2.75, 3.05) is 19.7 Å². The van der Waals surface area contributed by atoms with Gasteiger partial charge in [0.05, 0.1) is 12.7 Å². The molecule has 2 saturated heterocycles. The van der Waals surface area contributed by atoms with Gasteiger partial charge in [-0.1, -0.05) is 13.8 Å². The van der Waals surface area contributed by atoms with Crippen LogP contribution in [0.4, 0.5) is 4.39 Å². The number of Topliss-reactive ketones (excluding diaryl/α,β-unsaturated/α-hetero) is 1. The maximum atomic E-state index is 12.9. The molecule has 2 aliphatic rings. The highest BCUT2D eigenvalue weighted by Crippen LogP contribution is 2.25. The fourth-order valence-corrected chi connectivity index (χ4v) is 3.71. The van der Waals surface area contributed by atoms with Crippen LogP contribution < -0.4 is 5.32 Å². The maximum absolute atomic E-state index is 12.9. The quantitative estimate of drug-likeness (QED) is 0.790. The molecular formula is C20H27FN2O3. The predicted octanol–water partition coefficient (Wildman–Crippen LogP) is 2.40. The van der Waals surface area contributed by atoms with E-state index in [4.69, 9.17) is 4.74 Å². The van der Waals surface area contributed by atoms with Crippen molar-refractivity contribution in [3.63, 3.8) is 0 Å². The lowest BCUT2D eigenvalue weighted by atomic mass is 10.0. The molecule has 1 N–H and O–H groups in total. The molecule has 0 unspecified atom stereocenters. The van der Waals surface area contributed by atoms with E-state index >= 15 is 0 Å². The van der Waals surface area contributed by atoms with E-state index in [9.17, 15) is 14.0 Å². The van der Waals surface area contributed by atoms with Crippen molar-refractivity contribution in [1.29, 1.82) is 0 Å². The van der Waals surface area contributed by atoms with Gasteiger partial charge >= 0.3 is 0 Å². The molecule has 0 aliphatic carbocycles. The summed E-state index contributed by atoms with van der Waals surface area (Å²) < 4.78 is 18.8. The summed E-state index contributed by atoms with van der Waals surface area (Å²) in [5.74, 6) is -0.133. The number of carbonyl (C=O) groups is 2. The number of ether oxygens (including phenoxy) is 1. The minimum atomic E-state index is -0.374. The third kappa shape index (κ3) is 4.68. The molecule has 3 rings (SSSR count). The molecule has 0 spiro atoms. The third-order valence-electron chi connectivity index (χ3n) is 5.30. The van der Waals surface area contributed by atoms with Crippen LogP contribution in [0.2, 0.25) is 0 Å². The van der Waals surface area contributed by atoms with Crippen LogP contribution >= 0.6 is 0 Å². The average Bonchev–Trinajstić information content (AvgIpc) is 3.01. The van der Waals surface area contributed by atoms with Gasteiger partial charge < -0.3 is 10.1 Å². The number of nitrogens with zero attached hydrogens (tertiary/aromatic N) is 1. The number of halogens is 1. The summed E-state index contributed by atoms with van der Waals surface area (Å²) in [6.45, 7) is 6.81. The summed E-state index contributed by atoms with van der Waals surface area (Å²) >= 11 is 0. The molecule has 0 saturated carbocycles. The summed E-state index contributed by atoms with van der Waals surface area (Å²) in [4.78, 5) is 26.7. The van der Waals surface area contributed by atoms with Crippen molar-refractivity contribution in [3.05, 3.63) is 35.6 Å². The Morgan fingerprint density at radius 2 is 1.96 bits per heavy atom. The summed E-state index contributed by atoms with van der Waals surface area (Å²) in [7, 11) is 0. The Balaban J connectivity index is 1.43. The number of hydrogen-bond donors (Lipinski definition) is 1. The van der Waals surface area contributed by atoms with Crippen LogP contribution in [0.3, 0.4) is 0 Å². The zero-order valence-corrected chi connectivity index (χ0v) is 15.4. The van der Waals surface area contributed by atoms with Gasteiger partial charge in [0.15, 0.2) is 5.78 Å². The van der Waals surface area contributed by atoms with Crippen LogP contribution in [0.15, 0.2) is 24.3 Å². The molecule has 0 radical (unpaired) electrons. The van der Waals surface area contributed by atoms with Gasteiger partial charge in [-0.3, -0.25) is 14.5 Å². The van der Waals surface area contributed by atoms with E-state index in [2.05, 4.69) is 24.1 Å². The van der Waals surface area contributed by atoms with Gasteiger partial charge in [-0.2, -0.15) is 0 Å². The summed E-state index contributed by atoms with van der Waals surface area (Å²) in [6, 6.07) is 5.91. The Morgan fingerprint density at radius 1 is 1.23 bits per heavy atom. The smallest absolute Gasteiger partial charge is 0.220 e. The van der Waals surface area contributed by atoms with E-state index in [1.54, 1.807) is 0 Å². The largest absolute Gasteiger partial charge is 0.375 e. The summed E-state index contributed by atoms with van der Waals surface area (Å²) in [5.41, 5.74) is 0.439. The van der Waals surface area contributed by atoms with Gasteiger partial charge in [0.2, 0.25) is 5.91 Å². The van der Waals surface area contributed by atoms with E-state index in [0.29, 0.717) is 17.5 Å². The van der Waals surface area contributed by atoms with Crippen molar-refractivity contribution in [2.24, 2.45) is 5.92 Å². The summed E-state index contributed by atoms with van der Waals surface area (Å²) in [5, 5.41) is 3.05. The molecule has 6 heteroatoms. The molecule has 2 fully saturated rings. The number of benzene rings is 1. The highest BCUT2D eigenvalue weighted by molar-refractivity contribution is 5.97. The normalized spacial score (nSPS) is 25.9. The Hall–Kier alpha value is -1.79. The van der Waals surface area contributed by atoms with Crippen molar-refractivity contribution in [2.45, 2.75) is 51.3 Å². The molecular weight excluding hydrogens is 335 g/mol. The minimum Gasteiger partial charge on any atom is -0.375 e. The number of nitrogens with one attached hydrogen (secondary N) is 1. The SMILES string of the molecule is CC(C)[C@@H]1CN2C[C@@H](NC(=O)CCC(=O)c3ccc(F)cc3)C[C@H]2CO1. The van der Waals surface area contributed by atoms with Crippen LogP contribution in [0.1, 0.15) is 43.5 Å². The Morgan fingerprint density at radius 3 is 2.65 bits per heavy atom. The fourth-order valence-electron chi connectivity index (χ4n) is 3.71. The predicted molar refractivity (Wildman–Crippen MR) is 96.5 cm³/mol. The lowest BCUT2D eigenvalue weighted by molar-refractivity contribution is -0.121. The van der Waals surface area contributed by atoms with Crippen molar-refractivity contribution in [1.82, 2.24) is 10.2 Å². The Bertz CT molecular complexity index is 647. The van der Waals surface area contributed by atoms with E-state index in [-0.39, 0.29) is 42.5 Å². The Labute approximate surface area is 153 Å². The second-order valence-electron chi connectivity index (χ2n) is 7.65. The van der Waals surface area contributed by atoms with E-state index in [0.717, 1.165) is 26.1 Å². The van der Waals surface area contributed by atoms with Crippen LogP contribution in [0.25, 0.3) is 0 Å². The molecule has 0 bridgehead atoms. The van der Waals surface area contributed by atoms with Crippen molar-refractivity contribution < 1.29 is 18.7 Å². The number of fused-ring (bicyclic) bond motifs is 1. The van der Waals surface area contributed by atoms with E-state index < -0.39 is 0 Å². The number of hydrogen-bond acceptors (Lipinski definition) is 4. The van der Waals surface area contributed by atoms with Crippen LogP contribution in [-0.4, -0.2) is 54.5 Å². The van der Waals surface area contributed by atoms with Crippen LogP contribution in [0.5, 0.6) is 0 Å². The number of rotatable bonds is 6. The minimum absolute atomic E-state index is 0.105. The van der Waals surface area contributed by atoms with Gasteiger partial charge in [-0.25, -0.2) is 4.39 Å².